The van der Waals surface area contributed by atoms with Crippen LogP contribution in [0.15, 0.2) is 23.2 Å². The number of rotatable bonds is 4. The summed E-state index contributed by atoms with van der Waals surface area (Å²) < 4.78 is 29.4. The van der Waals surface area contributed by atoms with Gasteiger partial charge in [-0.25, -0.2) is 13.2 Å². The van der Waals surface area contributed by atoms with Crippen LogP contribution in [0, 0.1) is 0 Å². The van der Waals surface area contributed by atoms with E-state index in [0.29, 0.717) is 20.9 Å². The molecule has 2 heterocycles. The maximum atomic E-state index is 12.4. The number of fused-ring (bicyclic) bond motifs is 1. The van der Waals surface area contributed by atoms with E-state index in [1.165, 1.54) is 11.8 Å². The van der Waals surface area contributed by atoms with Gasteiger partial charge in [-0.05, 0) is 39.0 Å². The highest BCUT2D eigenvalue weighted by molar-refractivity contribution is 8.16. The Morgan fingerprint density at radius 2 is 1.97 bits per heavy atom. The van der Waals surface area contributed by atoms with Crippen molar-refractivity contribution in [3.8, 4) is 0 Å². The summed E-state index contributed by atoms with van der Waals surface area (Å²) in [6, 6.07) is 4.61. The summed E-state index contributed by atoms with van der Waals surface area (Å²) in [5.74, 6) is -0.447. The van der Waals surface area contributed by atoms with Gasteiger partial charge >= 0.3 is 6.09 Å². The molecule has 0 bridgehead atoms. The standard InChI is InChI=1S/C19H23Cl2N3O5S2/c1-19(2,3)29-18(26)22-7-6-16(25)23-17-24(11-4-5-12(20)13(21)8-11)14-9-31(27,28)10-15(14)30-17/h4-5,8,14-15H,6-7,9-10H2,1-3H3,(H,22,26)/t14-,15+/m1/s1. The fourth-order valence-electron chi connectivity index (χ4n) is 3.25. The van der Waals surface area contributed by atoms with E-state index in [0.717, 1.165) is 0 Å². The van der Waals surface area contributed by atoms with E-state index >= 15 is 0 Å². The number of anilines is 1. The Kier molecular flexibility index (Phi) is 7.15. The Balaban J connectivity index is 1.74. The Morgan fingerprint density at radius 3 is 2.61 bits per heavy atom. The predicted molar refractivity (Wildman–Crippen MR) is 124 cm³/mol. The average molecular weight is 508 g/mol. The van der Waals surface area contributed by atoms with Gasteiger partial charge in [0.25, 0.3) is 0 Å². The van der Waals surface area contributed by atoms with Gasteiger partial charge in [-0.1, -0.05) is 35.0 Å². The topological polar surface area (TPSA) is 105 Å². The van der Waals surface area contributed by atoms with Crippen molar-refractivity contribution in [3.05, 3.63) is 28.2 Å². The molecular weight excluding hydrogens is 485 g/mol. The predicted octanol–water partition coefficient (Wildman–Crippen LogP) is 3.51. The molecule has 170 valence electrons. The molecule has 0 aliphatic carbocycles. The van der Waals surface area contributed by atoms with Gasteiger partial charge in [-0.15, -0.1) is 0 Å². The van der Waals surface area contributed by atoms with Crippen molar-refractivity contribution in [2.45, 2.75) is 44.1 Å². The van der Waals surface area contributed by atoms with Crippen molar-refractivity contribution >= 4 is 67.7 Å². The summed E-state index contributed by atoms with van der Waals surface area (Å²) in [6.45, 7) is 5.31. The monoisotopic (exact) mass is 507 g/mol. The van der Waals surface area contributed by atoms with Crippen LogP contribution in [-0.4, -0.2) is 60.5 Å². The van der Waals surface area contributed by atoms with E-state index in [2.05, 4.69) is 10.3 Å². The highest BCUT2D eigenvalue weighted by atomic mass is 35.5. The molecule has 2 saturated heterocycles. The number of carbonyl (C=O) groups excluding carboxylic acids is 2. The number of halogens is 2. The Bertz CT molecular complexity index is 1020. The molecule has 0 aromatic heterocycles. The maximum absolute atomic E-state index is 12.4. The van der Waals surface area contributed by atoms with E-state index < -0.39 is 27.4 Å². The van der Waals surface area contributed by atoms with Gasteiger partial charge in [0, 0.05) is 23.9 Å². The molecule has 1 aromatic carbocycles. The summed E-state index contributed by atoms with van der Waals surface area (Å²) in [4.78, 5) is 30.1. The number of hydrogen-bond acceptors (Lipinski definition) is 6. The quantitative estimate of drug-likeness (QED) is 0.664. The zero-order valence-electron chi connectivity index (χ0n) is 17.2. The van der Waals surface area contributed by atoms with Crippen LogP contribution in [0.1, 0.15) is 27.2 Å². The lowest BCUT2D eigenvalue weighted by Gasteiger charge is -2.24. The molecule has 0 spiro atoms. The Hall–Kier alpha value is -1.49. The molecule has 2 amide bonds. The zero-order chi connectivity index (χ0) is 23.0. The first-order valence-corrected chi connectivity index (χ1v) is 13.0. The van der Waals surface area contributed by atoms with Crippen molar-refractivity contribution in [2.75, 3.05) is 23.0 Å². The number of aliphatic imine (C=N–C) groups is 1. The lowest BCUT2D eigenvalue weighted by Crippen LogP contribution is -2.37. The number of sulfone groups is 1. The van der Waals surface area contributed by atoms with Crippen LogP contribution in [0.2, 0.25) is 10.0 Å². The molecular formula is C19H23Cl2N3O5S2. The molecule has 3 rings (SSSR count). The largest absolute Gasteiger partial charge is 0.444 e. The van der Waals surface area contributed by atoms with Crippen molar-refractivity contribution in [1.82, 2.24) is 5.32 Å². The van der Waals surface area contributed by atoms with Gasteiger partial charge in [0.2, 0.25) is 5.91 Å². The van der Waals surface area contributed by atoms with Crippen LogP contribution < -0.4 is 10.2 Å². The number of amides is 2. The van der Waals surface area contributed by atoms with Crippen molar-refractivity contribution in [2.24, 2.45) is 4.99 Å². The first-order valence-electron chi connectivity index (χ1n) is 9.54. The lowest BCUT2D eigenvalue weighted by molar-refractivity contribution is -0.117. The molecule has 2 fully saturated rings. The smallest absolute Gasteiger partial charge is 0.407 e. The normalized spacial score (nSPS) is 23.6. The van der Waals surface area contributed by atoms with Gasteiger partial charge < -0.3 is 15.0 Å². The maximum Gasteiger partial charge on any atom is 0.407 e. The minimum Gasteiger partial charge on any atom is -0.444 e. The van der Waals surface area contributed by atoms with E-state index in [4.69, 9.17) is 27.9 Å². The number of thioether (sulfide) groups is 1. The van der Waals surface area contributed by atoms with Crippen LogP contribution >= 0.6 is 35.0 Å². The van der Waals surface area contributed by atoms with E-state index in [9.17, 15) is 18.0 Å². The second-order valence-electron chi connectivity index (χ2n) is 8.24. The van der Waals surface area contributed by atoms with Crippen LogP contribution in [0.5, 0.6) is 0 Å². The number of benzene rings is 1. The van der Waals surface area contributed by atoms with Gasteiger partial charge in [0.15, 0.2) is 15.0 Å². The zero-order valence-corrected chi connectivity index (χ0v) is 20.4. The first kappa shape index (κ1) is 24.2. The number of nitrogens with one attached hydrogen (secondary N) is 1. The number of carbonyl (C=O) groups is 2. The molecule has 31 heavy (non-hydrogen) atoms. The molecule has 1 aromatic rings. The molecule has 0 saturated carbocycles. The summed E-state index contributed by atoms with van der Waals surface area (Å²) >= 11 is 13.4. The first-order chi connectivity index (χ1) is 14.3. The Labute approximate surface area is 195 Å². The molecule has 2 aliphatic rings. The third-order valence-corrected chi connectivity index (χ3v) is 8.42. The van der Waals surface area contributed by atoms with Gasteiger partial charge in [0.1, 0.15) is 5.60 Å². The summed E-state index contributed by atoms with van der Waals surface area (Å²) in [7, 11) is -3.18. The van der Waals surface area contributed by atoms with E-state index in [1.54, 1.807) is 43.9 Å². The van der Waals surface area contributed by atoms with Gasteiger partial charge in [-0.3, -0.25) is 4.79 Å². The van der Waals surface area contributed by atoms with Crippen LogP contribution in [0.25, 0.3) is 0 Å². The average Bonchev–Trinajstić information content (AvgIpc) is 3.06. The number of alkyl carbamates (subject to hydrolysis) is 1. The molecule has 0 unspecified atom stereocenters. The third kappa shape index (κ3) is 6.27. The molecule has 12 heteroatoms. The van der Waals surface area contributed by atoms with Crippen molar-refractivity contribution < 1.29 is 22.7 Å². The van der Waals surface area contributed by atoms with Crippen LogP contribution in [0.3, 0.4) is 0 Å². The third-order valence-electron chi connectivity index (χ3n) is 4.48. The number of amidine groups is 1. The minimum atomic E-state index is -3.18. The van der Waals surface area contributed by atoms with Crippen LogP contribution in [0.4, 0.5) is 10.5 Å². The fourth-order valence-corrected chi connectivity index (χ4v) is 7.47. The highest BCUT2D eigenvalue weighted by Gasteiger charge is 2.49. The second kappa shape index (κ2) is 9.17. The summed E-state index contributed by atoms with van der Waals surface area (Å²) in [5, 5.41) is 3.39. The SMILES string of the molecule is CC(C)(C)OC(=O)NCCC(=O)N=C1S[C@H]2CS(=O)(=O)C[C@H]2N1c1ccc(Cl)c(Cl)c1. The summed E-state index contributed by atoms with van der Waals surface area (Å²) in [5.41, 5.74) is -0.0160. The number of ether oxygens (including phenoxy) is 1. The number of hydrogen-bond donors (Lipinski definition) is 1. The molecule has 2 atom stereocenters. The van der Waals surface area contributed by atoms with Crippen molar-refractivity contribution in [3.63, 3.8) is 0 Å². The van der Waals surface area contributed by atoms with Gasteiger partial charge in [-0.2, -0.15) is 4.99 Å². The van der Waals surface area contributed by atoms with Crippen molar-refractivity contribution in [1.29, 1.82) is 0 Å². The fraction of sp³-hybridized carbons (Fsp3) is 0.526. The van der Waals surface area contributed by atoms with E-state index in [1.807, 2.05) is 0 Å². The molecule has 1 N–H and O–H groups in total. The number of nitrogens with zero attached hydrogens (tertiary/aromatic N) is 2. The second-order valence-corrected chi connectivity index (χ2v) is 12.4. The molecule has 8 nitrogen and oxygen atoms in total. The lowest BCUT2D eigenvalue weighted by atomic mass is 10.2. The minimum absolute atomic E-state index is 0.0214. The van der Waals surface area contributed by atoms with Gasteiger partial charge in [0.05, 0.1) is 27.6 Å². The molecule has 0 radical (unpaired) electrons. The highest BCUT2D eigenvalue weighted by Crippen LogP contribution is 2.42. The molecule has 2 aliphatic heterocycles. The van der Waals surface area contributed by atoms with Crippen LogP contribution in [-0.2, 0) is 19.4 Å². The van der Waals surface area contributed by atoms with E-state index in [-0.39, 0.29) is 35.8 Å². The summed E-state index contributed by atoms with van der Waals surface area (Å²) in [6.07, 6.45) is -0.632. The Morgan fingerprint density at radius 1 is 1.26 bits per heavy atom.